The number of aliphatic hydroxyl groups is 1. The van der Waals surface area contributed by atoms with Gasteiger partial charge in [0.1, 0.15) is 5.75 Å². The number of carbonyl (C=O) groups is 1. The van der Waals surface area contributed by atoms with Crippen LogP contribution in [0.4, 0.5) is 0 Å². The molecule has 1 rings (SSSR count). The summed E-state index contributed by atoms with van der Waals surface area (Å²) < 4.78 is 5.45. The second-order valence-electron chi connectivity index (χ2n) is 5.07. The molecule has 0 aliphatic carbocycles. The van der Waals surface area contributed by atoms with Gasteiger partial charge in [-0.2, -0.15) is 11.8 Å². The minimum Gasteiger partial charge on any atom is -0.484 e. The van der Waals surface area contributed by atoms with Crippen molar-refractivity contribution in [2.24, 2.45) is 0 Å². The van der Waals surface area contributed by atoms with Gasteiger partial charge in [0.05, 0.1) is 5.60 Å². The lowest BCUT2D eigenvalue weighted by Gasteiger charge is -2.23. The summed E-state index contributed by atoms with van der Waals surface area (Å²) in [4.78, 5) is 11.7. The molecule has 0 bridgehead atoms. The molecule has 4 nitrogen and oxygen atoms in total. The maximum Gasteiger partial charge on any atom is 0.258 e. The van der Waals surface area contributed by atoms with Crippen LogP contribution in [0.2, 0.25) is 0 Å². The molecule has 0 saturated carbocycles. The Labute approximate surface area is 124 Å². The fourth-order valence-electron chi connectivity index (χ4n) is 1.61. The third kappa shape index (κ3) is 6.30. The lowest BCUT2D eigenvalue weighted by molar-refractivity contribution is -0.124. The normalized spacial score (nSPS) is 13.6. The number of carbonyl (C=O) groups excluding carboxylic acids is 1. The van der Waals surface area contributed by atoms with Gasteiger partial charge in [-0.3, -0.25) is 4.79 Å². The maximum absolute atomic E-state index is 11.7. The van der Waals surface area contributed by atoms with Crippen LogP contribution in [-0.2, 0) is 4.79 Å². The molecule has 1 amide bonds. The van der Waals surface area contributed by atoms with Crippen LogP contribution in [0.3, 0.4) is 0 Å². The molecule has 2 N–H and O–H groups in total. The van der Waals surface area contributed by atoms with E-state index in [9.17, 15) is 9.90 Å². The van der Waals surface area contributed by atoms with Gasteiger partial charge in [0.15, 0.2) is 6.61 Å². The van der Waals surface area contributed by atoms with Gasteiger partial charge < -0.3 is 15.2 Å². The summed E-state index contributed by atoms with van der Waals surface area (Å²) in [5.41, 5.74) is 0.119. The van der Waals surface area contributed by atoms with Gasteiger partial charge in [0.2, 0.25) is 0 Å². The minimum atomic E-state index is -0.874. The van der Waals surface area contributed by atoms with E-state index in [0.717, 1.165) is 11.3 Å². The first-order valence-electron chi connectivity index (χ1n) is 6.61. The van der Waals surface area contributed by atoms with Crippen molar-refractivity contribution >= 4 is 17.7 Å². The van der Waals surface area contributed by atoms with Crippen molar-refractivity contribution in [3.63, 3.8) is 0 Å². The second-order valence-corrected chi connectivity index (χ2v) is 6.06. The van der Waals surface area contributed by atoms with E-state index in [4.69, 9.17) is 4.74 Å². The van der Waals surface area contributed by atoms with Crippen LogP contribution in [0.25, 0.3) is 0 Å². The Kier molecular flexibility index (Phi) is 6.88. The Hall–Kier alpha value is -1.20. The summed E-state index contributed by atoms with van der Waals surface area (Å²) in [5.74, 6) is 1.34. The Bertz CT molecular complexity index is 435. The van der Waals surface area contributed by atoms with Crippen molar-refractivity contribution < 1.29 is 14.6 Å². The van der Waals surface area contributed by atoms with Crippen LogP contribution >= 0.6 is 11.8 Å². The number of ether oxygens (including phenoxy) is 1. The third-order valence-corrected chi connectivity index (χ3v) is 3.58. The summed E-state index contributed by atoms with van der Waals surface area (Å²) in [6, 6.07) is 7.55. The van der Waals surface area contributed by atoms with Crippen molar-refractivity contribution in [1.82, 2.24) is 5.32 Å². The standard InChI is InChI=1S/C15H23NO3S/c1-12-6-4-5-7-13(12)19-10-14(17)16-11-15(2,18)8-9-20-3/h4-7,18H,8-11H2,1-3H3,(H,16,17)/t15-/m1/s1. The molecule has 0 heterocycles. The number of thioether (sulfide) groups is 1. The highest BCUT2D eigenvalue weighted by atomic mass is 32.2. The van der Waals surface area contributed by atoms with Gasteiger partial charge in [-0.15, -0.1) is 0 Å². The van der Waals surface area contributed by atoms with Crippen LogP contribution < -0.4 is 10.1 Å². The van der Waals surface area contributed by atoms with Crippen LogP contribution in [0.15, 0.2) is 24.3 Å². The van der Waals surface area contributed by atoms with E-state index >= 15 is 0 Å². The van der Waals surface area contributed by atoms with Gasteiger partial charge in [-0.25, -0.2) is 0 Å². The fourth-order valence-corrected chi connectivity index (χ4v) is 2.26. The number of rotatable bonds is 8. The predicted molar refractivity (Wildman–Crippen MR) is 83.3 cm³/mol. The first kappa shape index (κ1) is 16.9. The molecule has 0 aromatic heterocycles. The molecule has 0 unspecified atom stereocenters. The quantitative estimate of drug-likeness (QED) is 0.770. The first-order valence-corrected chi connectivity index (χ1v) is 8.00. The lowest BCUT2D eigenvalue weighted by atomic mass is 10.0. The Balaban J connectivity index is 2.32. The van der Waals surface area contributed by atoms with E-state index in [2.05, 4.69) is 5.32 Å². The van der Waals surface area contributed by atoms with E-state index < -0.39 is 5.60 Å². The smallest absolute Gasteiger partial charge is 0.258 e. The molecule has 112 valence electrons. The molecular formula is C15H23NO3S. The molecule has 1 aromatic carbocycles. The Morgan fingerprint density at radius 3 is 2.80 bits per heavy atom. The van der Waals surface area contributed by atoms with Gasteiger partial charge in [-0.05, 0) is 43.9 Å². The molecule has 0 fully saturated rings. The molecule has 0 radical (unpaired) electrons. The topological polar surface area (TPSA) is 58.6 Å². The van der Waals surface area contributed by atoms with Crippen LogP contribution in [0, 0.1) is 6.92 Å². The summed E-state index contributed by atoms with van der Waals surface area (Å²) in [5, 5.41) is 12.8. The zero-order valence-corrected chi connectivity index (χ0v) is 13.1. The largest absolute Gasteiger partial charge is 0.484 e. The first-order chi connectivity index (χ1) is 9.44. The predicted octanol–water partition coefficient (Wildman–Crippen LogP) is 1.99. The third-order valence-electron chi connectivity index (χ3n) is 2.96. The molecule has 0 spiro atoms. The highest BCUT2D eigenvalue weighted by molar-refractivity contribution is 7.98. The fraction of sp³-hybridized carbons (Fsp3) is 0.533. The van der Waals surface area contributed by atoms with E-state index in [0.29, 0.717) is 12.2 Å². The van der Waals surface area contributed by atoms with Crippen molar-refractivity contribution in [2.45, 2.75) is 25.9 Å². The Morgan fingerprint density at radius 1 is 1.45 bits per heavy atom. The summed E-state index contributed by atoms with van der Waals surface area (Å²) in [6.07, 6.45) is 2.64. The van der Waals surface area contributed by atoms with Crippen LogP contribution in [0.5, 0.6) is 5.75 Å². The average Bonchev–Trinajstić information content (AvgIpc) is 2.42. The number of nitrogens with one attached hydrogen (secondary N) is 1. The van der Waals surface area contributed by atoms with Crippen molar-refractivity contribution in [2.75, 3.05) is 25.2 Å². The van der Waals surface area contributed by atoms with Crippen molar-refractivity contribution in [1.29, 1.82) is 0 Å². The van der Waals surface area contributed by atoms with Crippen LogP contribution in [-0.4, -0.2) is 41.8 Å². The number of hydrogen-bond donors (Lipinski definition) is 2. The molecule has 20 heavy (non-hydrogen) atoms. The van der Waals surface area contributed by atoms with E-state index in [1.165, 1.54) is 0 Å². The van der Waals surface area contributed by atoms with E-state index in [-0.39, 0.29) is 19.1 Å². The van der Waals surface area contributed by atoms with Gasteiger partial charge in [0, 0.05) is 6.54 Å². The molecular weight excluding hydrogens is 274 g/mol. The van der Waals surface area contributed by atoms with E-state index in [1.54, 1.807) is 18.7 Å². The van der Waals surface area contributed by atoms with Gasteiger partial charge in [0.25, 0.3) is 5.91 Å². The number of amides is 1. The minimum absolute atomic E-state index is 0.0382. The highest BCUT2D eigenvalue weighted by Crippen LogP contribution is 2.16. The SMILES string of the molecule is CSCC[C@@](C)(O)CNC(=O)COc1ccccc1C. The molecule has 1 atom stereocenters. The summed E-state index contributed by atoms with van der Waals surface area (Å²) in [7, 11) is 0. The number of aryl methyl sites for hydroxylation is 1. The highest BCUT2D eigenvalue weighted by Gasteiger charge is 2.20. The number of para-hydroxylation sites is 1. The second kappa shape index (κ2) is 8.17. The zero-order valence-electron chi connectivity index (χ0n) is 12.3. The monoisotopic (exact) mass is 297 g/mol. The number of benzene rings is 1. The maximum atomic E-state index is 11.7. The average molecular weight is 297 g/mol. The van der Waals surface area contributed by atoms with Gasteiger partial charge in [-0.1, -0.05) is 18.2 Å². The van der Waals surface area contributed by atoms with Gasteiger partial charge >= 0.3 is 0 Å². The molecule has 5 heteroatoms. The molecule has 0 aliphatic rings. The Morgan fingerprint density at radius 2 is 2.15 bits per heavy atom. The van der Waals surface area contributed by atoms with Crippen molar-refractivity contribution in [3.05, 3.63) is 29.8 Å². The lowest BCUT2D eigenvalue weighted by Crippen LogP contribution is -2.42. The number of hydrogen-bond acceptors (Lipinski definition) is 4. The molecule has 1 aromatic rings. The van der Waals surface area contributed by atoms with Crippen LogP contribution in [0.1, 0.15) is 18.9 Å². The summed E-state index contributed by atoms with van der Waals surface area (Å²) in [6.45, 7) is 3.86. The van der Waals surface area contributed by atoms with E-state index in [1.807, 2.05) is 37.4 Å². The van der Waals surface area contributed by atoms with Crippen molar-refractivity contribution in [3.8, 4) is 5.75 Å². The summed E-state index contributed by atoms with van der Waals surface area (Å²) >= 11 is 1.67. The molecule has 0 aliphatic heterocycles. The zero-order chi connectivity index (χ0) is 15.0. The molecule has 0 saturated heterocycles.